The molecule has 110 valence electrons. The minimum absolute atomic E-state index is 0.0655. The molecule has 21 heavy (non-hydrogen) atoms. The predicted molar refractivity (Wildman–Crippen MR) is 78.7 cm³/mol. The number of rotatable bonds is 3. The van der Waals surface area contributed by atoms with Gasteiger partial charge >= 0.3 is 0 Å². The number of aryl methyl sites for hydroxylation is 3. The van der Waals surface area contributed by atoms with Crippen molar-refractivity contribution in [1.29, 1.82) is 0 Å². The molecule has 3 rings (SSSR count). The maximum absolute atomic E-state index is 13.3. The molecule has 1 amide bonds. The molecule has 0 radical (unpaired) electrons. The first-order valence-corrected chi connectivity index (χ1v) is 7.21. The van der Waals surface area contributed by atoms with Crippen molar-refractivity contribution in [3.05, 3.63) is 47.5 Å². The van der Waals surface area contributed by atoms with Gasteiger partial charge in [-0.3, -0.25) is 9.48 Å². The number of halogens is 1. The molecule has 2 aromatic rings. The number of hydrogen-bond donors (Lipinski definition) is 0. The number of carbonyl (C=O) groups excluding carboxylic acids is 1. The minimum atomic E-state index is -0.241. The second-order valence-electron chi connectivity index (χ2n) is 5.45. The van der Waals surface area contributed by atoms with Crippen molar-refractivity contribution in [1.82, 2.24) is 9.78 Å². The maximum atomic E-state index is 13.3. The Kier molecular flexibility index (Phi) is 3.73. The van der Waals surface area contributed by atoms with Gasteiger partial charge in [-0.1, -0.05) is 0 Å². The monoisotopic (exact) mass is 287 g/mol. The largest absolute Gasteiger partial charge is 0.312 e. The number of fused-ring (bicyclic) bond motifs is 1. The number of anilines is 1. The summed E-state index contributed by atoms with van der Waals surface area (Å²) < 4.78 is 15.1. The fourth-order valence-electron chi connectivity index (χ4n) is 2.76. The van der Waals surface area contributed by atoms with Crippen LogP contribution in [0.2, 0.25) is 0 Å². The molecule has 1 aliphatic rings. The van der Waals surface area contributed by atoms with E-state index in [9.17, 15) is 9.18 Å². The van der Waals surface area contributed by atoms with Gasteiger partial charge in [-0.15, -0.1) is 0 Å². The van der Waals surface area contributed by atoms with Gasteiger partial charge < -0.3 is 4.90 Å². The molecule has 0 aliphatic carbocycles. The SMILES string of the molecule is Cc1cnn(CCC(=O)N2CCCc3cc(F)ccc32)c1. The summed E-state index contributed by atoms with van der Waals surface area (Å²) in [7, 11) is 0. The summed E-state index contributed by atoms with van der Waals surface area (Å²) in [6, 6.07) is 4.66. The second kappa shape index (κ2) is 5.68. The molecule has 0 spiro atoms. The second-order valence-corrected chi connectivity index (χ2v) is 5.45. The Labute approximate surface area is 123 Å². The van der Waals surface area contributed by atoms with E-state index in [1.807, 2.05) is 13.1 Å². The summed E-state index contributed by atoms with van der Waals surface area (Å²) in [6.07, 6.45) is 5.81. The molecular weight excluding hydrogens is 269 g/mol. The topological polar surface area (TPSA) is 38.1 Å². The Morgan fingerprint density at radius 2 is 2.29 bits per heavy atom. The van der Waals surface area contributed by atoms with Gasteiger partial charge in [0.2, 0.25) is 5.91 Å². The van der Waals surface area contributed by atoms with Crippen LogP contribution in [0.1, 0.15) is 24.0 Å². The average Bonchev–Trinajstić information content (AvgIpc) is 2.89. The van der Waals surface area contributed by atoms with E-state index in [0.717, 1.165) is 29.7 Å². The highest BCUT2D eigenvalue weighted by molar-refractivity contribution is 5.94. The van der Waals surface area contributed by atoms with Gasteiger partial charge in [0.15, 0.2) is 0 Å². The summed E-state index contributed by atoms with van der Waals surface area (Å²) in [6.45, 7) is 3.25. The third-order valence-corrected chi connectivity index (χ3v) is 3.78. The lowest BCUT2D eigenvalue weighted by atomic mass is 10.0. The molecule has 5 heteroatoms. The third-order valence-electron chi connectivity index (χ3n) is 3.78. The van der Waals surface area contributed by atoms with Gasteiger partial charge in [0.25, 0.3) is 0 Å². The van der Waals surface area contributed by atoms with E-state index < -0.39 is 0 Å². The molecular formula is C16H18FN3O. The average molecular weight is 287 g/mol. The number of amides is 1. The first kappa shape index (κ1) is 13.8. The molecule has 4 nitrogen and oxygen atoms in total. The van der Waals surface area contributed by atoms with Crippen molar-refractivity contribution < 1.29 is 9.18 Å². The summed E-state index contributed by atoms with van der Waals surface area (Å²) in [4.78, 5) is 14.2. The van der Waals surface area contributed by atoms with E-state index in [1.165, 1.54) is 12.1 Å². The van der Waals surface area contributed by atoms with E-state index in [0.29, 0.717) is 19.5 Å². The lowest BCUT2D eigenvalue weighted by molar-refractivity contribution is -0.119. The summed E-state index contributed by atoms with van der Waals surface area (Å²) in [5.41, 5.74) is 2.86. The number of carbonyl (C=O) groups is 1. The fourth-order valence-corrected chi connectivity index (χ4v) is 2.76. The summed E-state index contributed by atoms with van der Waals surface area (Å²) in [5.74, 6) is -0.175. The lowest BCUT2D eigenvalue weighted by Gasteiger charge is -2.29. The van der Waals surface area contributed by atoms with Crippen LogP contribution >= 0.6 is 0 Å². The van der Waals surface area contributed by atoms with Crippen LogP contribution in [0.25, 0.3) is 0 Å². The van der Waals surface area contributed by atoms with Crippen LogP contribution in [-0.4, -0.2) is 22.2 Å². The molecule has 0 fully saturated rings. The highest BCUT2D eigenvalue weighted by Crippen LogP contribution is 2.28. The predicted octanol–water partition coefficient (Wildman–Crippen LogP) is 2.70. The quantitative estimate of drug-likeness (QED) is 0.870. The maximum Gasteiger partial charge on any atom is 0.228 e. The van der Waals surface area contributed by atoms with Crippen LogP contribution in [0.4, 0.5) is 10.1 Å². The molecule has 1 aromatic heterocycles. The molecule has 1 aliphatic heterocycles. The van der Waals surface area contributed by atoms with Crippen molar-refractivity contribution in [2.24, 2.45) is 0 Å². The smallest absolute Gasteiger partial charge is 0.228 e. The zero-order valence-corrected chi connectivity index (χ0v) is 12.1. The molecule has 0 bridgehead atoms. The highest BCUT2D eigenvalue weighted by atomic mass is 19.1. The standard InChI is InChI=1S/C16H18FN3O/c1-12-10-18-19(11-12)8-6-16(21)20-7-2-3-13-9-14(17)4-5-15(13)20/h4-5,9-11H,2-3,6-8H2,1H3. The summed E-state index contributed by atoms with van der Waals surface area (Å²) >= 11 is 0. The first-order valence-electron chi connectivity index (χ1n) is 7.21. The van der Waals surface area contributed by atoms with Gasteiger partial charge in [0.05, 0.1) is 6.20 Å². The van der Waals surface area contributed by atoms with Gasteiger partial charge in [-0.05, 0) is 49.1 Å². The summed E-state index contributed by atoms with van der Waals surface area (Å²) in [5, 5.41) is 4.19. The van der Waals surface area contributed by atoms with Crippen molar-refractivity contribution >= 4 is 11.6 Å². The zero-order valence-electron chi connectivity index (χ0n) is 12.1. The van der Waals surface area contributed by atoms with Crippen molar-refractivity contribution in [3.63, 3.8) is 0 Å². The van der Waals surface area contributed by atoms with Crippen molar-refractivity contribution in [3.8, 4) is 0 Å². The number of aromatic nitrogens is 2. The molecule has 2 heterocycles. The van der Waals surface area contributed by atoms with E-state index in [-0.39, 0.29) is 11.7 Å². The molecule has 1 aromatic carbocycles. The van der Waals surface area contributed by atoms with Gasteiger partial charge in [0.1, 0.15) is 5.82 Å². The third kappa shape index (κ3) is 2.96. The minimum Gasteiger partial charge on any atom is -0.312 e. The number of nitrogens with zero attached hydrogens (tertiary/aromatic N) is 3. The molecule has 0 atom stereocenters. The van der Waals surface area contributed by atoms with E-state index in [4.69, 9.17) is 0 Å². The van der Waals surface area contributed by atoms with Crippen LogP contribution in [-0.2, 0) is 17.8 Å². The Bertz CT molecular complexity index is 665. The van der Waals surface area contributed by atoms with Crippen LogP contribution in [0.15, 0.2) is 30.6 Å². The van der Waals surface area contributed by atoms with E-state index in [2.05, 4.69) is 5.10 Å². The lowest BCUT2D eigenvalue weighted by Crippen LogP contribution is -2.36. The van der Waals surface area contributed by atoms with E-state index >= 15 is 0 Å². The van der Waals surface area contributed by atoms with Gasteiger partial charge in [0, 0.05) is 31.4 Å². The molecule has 0 saturated carbocycles. The van der Waals surface area contributed by atoms with Gasteiger partial charge in [-0.2, -0.15) is 5.10 Å². The fraction of sp³-hybridized carbons (Fsp3) is 0.375. The Morgan fingerprint density at radius 3 is 3.05 bits per heavy atom. The van der Waals surface area contributed by atoms with Crippen LogP contribution < -0.4 is 4.90 Å². The van der Waals surface area contributed by atoms with E-state index in [1.54, 1.807) is 21.8 Å². The van der Waals surface area contributed by atoms with Crippen LogP contribution in [0.5, 0.6) is 0 Å². The Balaban J connectivity index is 1.71. The van der Waals surface area contributed by atoms with Gasteiger partial charge in [-0.25, -0.2) is 4.39 Å². The van der Waals surface area contributed by atoms with Crippen molar-refractivity contribution in [2.45, 2.75) is 32.7 Å². The van der Waals surface area contributed by atoms with Crippen LogP contribution in [0.3, 0.4) is 0 Å². The first-order chi connectivity index (χ1) is 10.1. The molecule has 0 unspecified atom stereocenters. The molecule has 0 N–H and O–H groups in total. The van der Waals surface area contributed by atoms with Crippen LogP contribution in [0, 0.1) is 12.7 Å². The molecule has 0 saturated heterocycles. The van der Waals surface area contributed by atoms with Crippen molar-refractivity contribution in [2.75, 3.05) is 11.4 Å². The number of hydrogen-bond acceptors (Lipinski definition) is 2. The highest BCUT2D eigenvalue weighted by Gasteiger charge is 2.22. The Hall–Kier alpha value is -2.17. The normalized spacial score (nSPS) is 14.1. The Morgan fingerprint density at radius 1 is 1.43 bits per heavy atom. The zero-order chi connectivity index (χ0) is 14.8. The number of benzene rings is 1.